The van der Waals surface area contributed by atoms with Gasteiger partial charge in [0.15, 0.2) is 11.1 Å². The Morgan fingerprint density at radius 2 is 2.08 bits per heavy atom. The SMILES string of the molecule is C=CC(=O)Nc1cc(Nc2ncc3c(=O)cc(C)n(-c4cccc(F)c4)c3n2)ccc1OC1CCN(C)C1. The summed E-state index contributed by atoms with van der Waals surface area (Å²) in [6, 6.07) is 12.8. The lowest BCUT2D eigenvalue weighted by Gasteiger charge is -2.18. The molecule has 2 N–H and O–H groups in total. The third-order valence-corrected chi connectivity index (χ3v) is 6.33. The van der Waals surface area contributed by atoms with Crippen molar-refractivity contribution in [2.75, 3.05) is 30.8 Å². The Morgan fingerprint density at radius 3 is 2.82 bits per heavy atom. The van der Waals surface area contributed by atoms with Crippen molar-refractivity contribution in [3.8, 4) is 11.4 Å². The van der Waals surface area contributed by atoms with Crippen molar-refractivity contribution in [3.63, 3.8) is 0 Å². The van der Waals surface area contributed by atoms with Gasteiger partial charge in [-0.2, -0.15) is 4.98 Å². The number of benzene rings is 2. The van der Waals surface area contributed by atoms with Crippen LogP contribution in [-0.4, -0.2) is 51.6 Å². The predicted octanol–water partition coefficient (Wildman–Crippen LogP) is 4.18. The highest BCUT2D eigenvalue weighted by Gasteiger charge is 2.22. The molecule has 1 fully saturated rings. The summed E-state index contributed by atoms with van der Waals surface area (Å²) >= 11 is 0. The van der Waals surface area contributed by atoms with Gasteiger partial charge in [-0.25, -0.2) is 9.37 Å². The monoisotopic (exact) mass is 514 g/mol. The van der Waals surface area contributed by atoms with Crippen LogP contribution in [0.2, 0.25) is 0 Å². The van der Waals surface area contributed by atoms with E-state index in [4.69, 9.17) is 4.74 Å². The van der Waals surface area contributed by atoms with Gasteiger partial charge in [0.2, 0.25) is 11.9 Å². The molecule has 4 aromatic rings. The Balaban J connectivity index is 1.51. The third-order valence-electron chi connectivity index (χ3n) is 6.33. The Morgan fingerprint density at radius 1 is 1.24 bits per heavy atom. The van der Waals surface area contributed by atoms with E-state index in [1.54, 1.807) is 41.8 Å². The van der Waals surface area contributed by atoms with E-state index in [0.29, 0.717) is 39.5 Å². The van der Waals surface area contributed by atoms with Crippen molar-refractivity contribution in [2.24, 2.45) is 0 Å². The first-order valence-corrected chi connectivity index (χ1v) is 12.2. The van der Waals surface area contributed by atoms with Crippen LogP contribution in [0.25, 0.3) is 16.7 Å². The number of amides is 1. The fourth-order valence-electron chi connectivity index (χ4n) is 4.51. The second kappa shape index (κ2) is 10.4. The molecule has 1 unspecified atom stereocenters. The predicted molar refractivity (Wildman–Crippen MR) is 145 cm³/mol. The molecule has 0 aliphatic carbocycles. The molecule has 1 aliphatic heterocycles. The lowest BCUT2D eigenvalue weighted by atomic mass is 10.2. The average molecular weight is 515 g/mol. The van der Waals surface area contributed by atoms with Crippen LogP contribution in [0, 0.1) is 12.7 Å². The number of fused-ring (bicyclic) bond motifs is 1. The van der Waals surface area contributed by atoms with Crippen LogP contribution in [0.15, 0.2) is 72.2 Å². The molecule has 0 radical (unpaired) electrons. The summed E-state index contributed by atoms with van der Waals surface area (Å²) in [5.41, 5.74) is 2.31. The van der Waals surface area contributed by atoms with Crippen molar-refractivity contribution in [1.29, 1.82) is 0 Å². The molecule has 1 aliphatic rings. The molecule has 2 aromatic heterocycles. The first-order valence-electron chi connectivity index (χ1n) is 12.2. The van der Waals surface area contributed by atoms with Gasteiger partial charge < -0.3 is 20.3 Å². The van der Waals surface area contributed by atoms with Crippen LogP contribution in [0.1, 0.15) is 12.1 Å². The van der Waals surface area contributed by atoms with E-state index in [1.807, 2.05) is 7.05 Å². The molecule has 2 aromatic carbocycles. The molecule has 0 saturated carbocycles. The maximum Gasteiger partial charge on any atom is 0.247 e. The van der Waals surface area contributed by atoms with Crippen LogP contribution in [0.5, 0.6) is 5.75 Å². The molecular weight excluding hydrogens is 487 g/mol. The fourth-order valence-corrected chi connectivity index (χ4v) is 4.51. The maximum absolute atomic E-state index is 14.0. The Labute approximate surface area is 218 Å². The second-order valence-electron chi connectivity index (χ2n) is 9.22. The number of nitrogens with zero attached hydrogens (tertiary/aromatic N) is 4. The lowest BCUT2D eigenvalue weighted by Crippen LogP contribution is -2.22. The van der Waals surface area contributed by atoms with Gasteiger partial charge in [-0.3, -0.25) is 14.2 Å². The van der Waals surface area contributed by atoms with Crippen LogP contribution in [0.3, 0.4) is 0 Å². The molecule has 0 bridgehead atoms. The molecule has 38 heavy (non-hydrogen) atoms. The molecule has 1 atom stereocenters. The smallest absolute Gasteiger partial charge is 0.247 e. The number of nitrogens with one attached hydrogen (secondary N) is 2. The van der Waals surface area contributed by atoms with Gasteiger partial charge in [0.05, 0.1) is 16.8 Å². The van der Waals surface area contributed by atoms with Gasteiger partial charge in [0.1, 0.15) is 17.7 Å². The maximum atomic E-state index is 14.0. The summed E-state index contributed by atoms with van der Waals surface area (Å²) in [5.74, 6) is -0.00493. The summed E-state index contributed by atoms with van der Waals surface area (Å²) in [6.07, 6.45) is 3.54. The van der Waals surface area contributed by atoms with E-state index < -0.39 is 5.82 Å². The zero-order valence-corrected chi connectivity index (χ0v) is 21.1. The zero-order chi connectivity index (χ0) is 26.8. The number of anilines is 3. The molecule has 10 heteroatoms. The number of carbonyl (C=O) groups excluding carboxylic acids is 1. The number of carbonyl (C=O) groups is 1. The summed E-state index contributed by atoms with van der Waals surface area (Å²) in [5, 5.41) is 6.23. The van der Waals surface area contributed by atoms with Gasteiger partial charge >= 0.3 is 0 Å². The number of hydrogen-bond donors (Lipinski definition) is 2. The Bertz CT molecular complexity index is 1600. The van der Waals surface area contributed by atoms with E-state index in [9.17, 15) is 14.0 Å². The van der Waals surface area contributed by atoms with Crippen molar-refractivity contribution in [1.82, 2.24) is 19.4 Å². The number of aromatic nitrogens is 3. The number of aryl methyl sites for hydroxylation is 1. The summed E-state index contributed by atoms with van der Waals surface area (Å²) in [7, 11) is 2.04. The fraction of sp³-hybridized carbons (Fsp3) is 0.214. The standard InChI is InChI=1S/C28H27FN6O3/c1-4-26(37)32-23-14-19(8-9-25(23)38-21-10-11-34(3)16-21)31-28-30-15-22-24(36)12-17(2)35(27(22)33-28)20-7-5-6-18(29)13-20/h4-9,12-15,21H,1,10-11,16H2,2-3H3,(H,32,37)(H,30,31,33). The Hall–Kier alpha value is -4.57. The van der Waals surface area contributed by atoms with E-state index in [1.165, 1.54) is 30.5 Å². The van der Waals surface area contributed by atoms with E-state index in [0.717, 1.165) is 19.5 Å². The number of pyridine rings is 1. The number of ether oxygens (including phenoxy) is 1. The molecule has 3 heterocycles. The highest BCUT2D eigenvalue weighted by atomic mass is 19.1. The largest absolute Gasteiger partial charge is 0.487 e. The highest BCUT2D eigenvalue weighted by Crippen LogP contribution is 2.31. The lowest BCUT2D eigenvalue weighted by molar-refractivity contribution is -0.111. The van der Waals surface area contributed by atoms with Crippen LogP contribution < -0.4 is 20.8 Å². The molecule has 5 rings (SSSR count). The van der Waals surface area contributed by atoms with E-state index in [-0.39, 0.29) is 23.4 Å². The molecule has 194 valence electrons. The summed E-state index contributed by atoms with van der Waals surface area (Å²) in [6.45, 7) is 7.03. The van der Waals surface area contributed by atoms with Crippen molar-refractivity contribution >= 4 is 34.3 Å². The topological polar surface area (TPSA) is 101 Å². The number of halogens is 1. The first kappa shape index (κ1) is 25.1. The van der Waals surface area contributed by atoms with Crippen LogP contribution >= 0.6 is 0 Å². The van der Waals surface area contributed by atoms with Gasteiger partial charge in [-0.05, 0) is 62.9 Å². The first-order chi connectivity index (χ1) is 18.3. The molecule has 0 spiro atoms. The number of rotatable bonds is 7. The van der Waals surface area contributed by atoms with Crippen molar-refractivity contribution in [3.05, 3.63) is 89.1 Å². The minimum atomic E-state index is -0.401. The molecule has 1 saturated heterocycles. The van der Waals surface area contributed by atoms with Gasteiger partial charge in [0, 0.05) is 36.7 Å². The van der Waals surface area contributed by atoms with Gasteiger partial charge in [-0.1, -0.05) is 12.6 Å². The van der Waals surface area contributed by atoms with Crippen LogP contribution in [0.4, 0.5) is 21.7 Å². The van der Waals surface area contributed by atoms with E-state index >= 15 is 0 Å². The quantitative estimate of drug-likeness (QED) is 0.357. The number of likely N-dealkylation sites (tertiary alicyclic amines) is 1. The molecule has 1 amide bonds. The third kappa shape index (κ3) is 5.25. The zero-order valence-electron chi connectivity index (χ0n) is 21.1. The molecule has 9 nitrogen and oxygen atoms in total. The normalized spacial score (nSPS) is 15.4. The van der Waals surface area contributed by atoms with Gasteiger partial charge in [-0.15, -0.1) is 0 Å². The van der Waals surface area contributed by atoms with Crippen LogP contribution in [-0.2, 0) is 4.79 Å². The average Bonchev–Trinajstić information content (AvgIpc) is 3.30. The summed E-state index contributed by atoms with van der Waals surface area (Å²) in [4.78, 5) is 35.8. The van der Waals surface area contributed by atoms with Crippen molar-refractivity contribution < 1.29 is 13.9 Å². The Kier molecular flexibility index (Phi) is 6.89. The minimum Gasteiger partial charge on any atom is -0.487 e. The number of hydrogen-bond acceptors (Lipinski definition) is 7. The molecular formula is C28H27FN6O3. The van der Waals surface area contributed by atoms with Gasteiger partial charge in [0.25, 0.3) is 0 Å². The van der Waals surface area contributed by atoms with E-state index in [2.05, 4.69) is 32.1 Å². The highest BCUT2D eigenvalue weighted by molar-refractivity contribution is 6.00. The van der Waals surface area contributed by atoms with Crippen molar-refractivity contribution in [2.45, 2.75) is 19.4 Å². The second-order valence-corrected chi connectivity index (χ2v) is 9.22. The summed E-state index contributed by atoms with van der Waals surface area (Å²) < 4.78 is 21.9. The number of likely N-dealkylation sites (N-methyl/N-ethyl adjacent to an activating group) is 1. The minimum absolute atomic E-state index is 0.0183.